The zero-order valence-electron chi connectivity index (χ0n) is 28.2. The fourth-order valence-electron chi connectivity index (χ4n) is 6.27. The van der Waals surface area contributed by atoms with Crippen LogP contribution in [-0.2, 0) is 20.1 Å². The predicted molar refractivity (Wildman–Crippen MR) is 210 cm³/mol. The van der Waals surface area contributed by atoms with Gasteiger partial charge in [0, 0.05) is 31.5 Å². The van der Waals surface area contributed by atoms with Crippen molar-refractivity contribution in [1.82, 2.24) is 19.5 Å². The van der Waals surface area contributed by atoms with Crippen molar-refractivity contribution in [2.24, 2.45) is 0 Å². The number of pyridine rings is 2. The second-order valence-corrected chi connectivity index (χ2v) is 24.9. The molecule has 4 heterocycles. The molecule has 7 heteroatoms. The number of benzene rings is 5. The normalized spacial score (nSPS) is 11.4. The quantitative estimate of drug-likeness (QED) is 0.131. The molecule has 0 aliphatic rings. The van der Waals surface area contributed by atoms with Crippen LogP contribution in [0.3, 0.4) is 0 Å². The van der Waals surface area contributed by atoms with Gasteiger partial charge in [-0.3, -0.25) is 4.98 Å². The van der Waals surface area contributed by atoms with Crippen LogP contribution in [0.15, 0.2) is 134 Å². The van der Waals surface area contributed by atoms with Crippen LogP contribution in [0.25, 0.3) is 70.4 Å². The van der Waals surface area contributed by atoms with E-state index in [4.69, 9.17) is 9.97 Å². The van der Waals surface area contributed by atoms with Crippen LogP contribution in [0.5, 0.6) is 0 Å². The van der Waals surface area contributed by atoms with Crippen molar-refractivity contribution in [3.8, 4) is 28.3 Å². The Bertz CT molecular complexity index is 2600. The fraction of sp³-hybridized carbons (Fsp3) is 0.0930. The van der Waals surface area contributed by atoms with Gasteiger partial charge in [0.1, 0.15) is 4.83 Å². The van der Waals surface area contributed by atoms with E-state index in [2.05, 4.69) is 148 Å². The van der Waals surface area contributed by atoms with Crippen molar-refractivity contribution in [1.29, 1.82) is 0 Å². The average molecular weight is 904 g/mol. The summed E-state index contributed by atoms with van der Waals surface area (Å²) in [7, 11) is 0. The van der Waals surface area contributed by atoms with Crippen molar-refractivity contribution >= 4 is 71.1 Å². The second-order valence-electron chi connectivity index (χ2n) is 13.2. The van der Waals surface area contributed by atoms with E-state index >= 15 is 0 Å². The molecule has 50 heavy (non-hydrogen) atoms. The zero-order chi connectivity index (χ0) is 33.5. The Kier molecular flexibility index (Phi) is 9.55. The summed E-state index contributed by atoms with van der Waals surface area (Å²) in [5, 5.41) is 4.85. The molecule has 0 aliphatic heterocycles. The minimum atomic E-state index is -1.78. The van der Waals surface area contributed by atoms with E-state index in [0.717, 1.165) is 49.9 Å². The summed E-state index contributed by atoms with van der Waals surface area (Å²) in [6, 6.07) is 50.7. The summed E-state index contributed by atoms with van der Waals surface area (Å²) in [5.74, 6) is 8.08. The maximum absolute atomic E-state index is 5.02. The first kappa shape index (κ1) is 34.0. The van der Waals surface area contributed by atoms with E-state index in [1.54, 1.807) is 11.3 Å². The maximum atomic E-state index is 5.02. The van der Waals surface area contributed by atoms with Gasteiger partial charge in [0.25, 0.3) is 0 Å². The Morgan fingerprint density at radius 2 is 1.40 bits per heavy atom. The number of fused-ring (bicyclic) bond motifs is 5. The van der Waals surface area contributed by atoms with Gasteiger partial charge in [-0.15, -0.1) is 18.2 Å². The van der Waals surface area contributed by atoms with Gasteiger partial charge in [0.05, 0.1) is 16.9 Å². The Morgan fingerprint density at radius 3 is 2.20 bits per heavy atom. The molecule has 9 rings (SSSR count). The van der Waals surface area contributed by atoms with E-state index < -0.39 is 13.3 Å². The minimum absolute atomic E-state index is 0. The molecule has 0 saturated heterocycles. The summed E-state index contributed by atoms with van der Waals surface area (Å²) in [4.78, 5) is 15.5. The summed E-state index contributed by atoms with van der Waals surface area (Å²) in [6.45, 7) is 2.03. The summed E-state index contributed by atoms with van der Waals surface area (Å²) in [6.07, 6.45) is 2.06. The fourth-order valence-corrected chi connectivity index (χ4v) is 9.66. The molecule has 5 aromatic carbocycles. The topological polar surface area (TPSA) is 43.6 Å². The van der Waals surface area contributed by atoms with Gasteiger partial charge in [-0.2, -0.15) is 11.3 Å². The van der Waals surface area contributed by atoms with Gasteiger partial charge in [-0.1, -0.05) is 47.3 Å². The van der Waals surface area contributed by atoms with Crippen LogP contribution in [0.4, 0.5) is 0 Å². The zero-order valence-corrected chi connectivity index (χ0v) is 33.5. The second kappa shape index (κ2) is 14.0. The van der Waals surface area contributed by atoms with Crippen molar-refractivity contribution < 1.29 is 20.1 Å². The molecular formula is C43H34GeIrN4S-2. The number of imidazole rings is 1. The molecule has 0 fully saturated rings. The SMILES string of the molecule is Cc1ccc2c(n1)sc1c(-c3nc4ccccc4n3-c3ccccc3)[c-]ccc12.[CH3][Ge]([CH3])([CH3])[c]1ccc(-c2[c-]ccc3ccccc23)nc1.[Ir]. The minimum Gasteiger partial charge on any atom is 0 e. The Morgan fingerprint density at radius 1 is 0.660 bits per heavy atom. The largest absolute Gasteiger partial charge is 0 e. The first-order valence-electron chi connectivity index (χ1n) is 16.5. The first-order chi connectivity index (χ1) is 23.8. The number of hydrogen-bond donors (Lipinski definition) is 0. The third kappa shape index (κ3) is 6.45. The van der Waals surface area contributed by atoms with E-state index in [-0.39, 0.29) is 20.1 Å². The van der Waals surface area contributed by atoms with Crippen molar-refractivity contribution in [2.45, 2.75) is 24.2 Å². The summed E-state index contributed by atoms with van der Waals surface area (Å²) >= 11 is -0.0640. The number of nitrogens with zero attached hydrogens (tertiary/aromatic N) is 4. The maximum Gasteiger partial charge on any atom is 0 e. The molecule has 4 nitrogen and oxygen atoms in total. The third-order valence-corrected chi connectivity index (χ3v) is 14.2. The number of hydrogen-bond acceptors (Lipinski definition) is 4. The van der Waals surface area contributed by atoms with Gasteiger partial charge in [0.15, 0.2) is 0 Å². The summed E-state index contributed by atoms with van der Waals surface area (Å²) < 4.78 is 4.84. The van der Waals surface area contributed by atoms with Gasteiger partial charge < -0.3 is 4.57 Å². The molecule has 247 valence electrons. The van der Waals surface area contributed by atoms with Crippen LogP contribution in [0, 0.1) is 19.1 Å². The number of aromatic nitrogens is 4. The molecule has 0 unspecified atom stereocenters. The average Bonchev–Trinajstić information content (AvgIpc) is 3.70. The molecule has 1 radical (unpaired) electrons. The van der Waals surface area contributed by atoms with E-state index in [1.165, 1.54) is 30.6 Å². The Hall–Kier alpha value is -4.46. The number of para-hydroxylation sites is 3. The molecule has 0 saturated carbocycles. The Balaban J connectivity index is 0.000000165. The molecule has 0 atom stereocenters. The molecule has 4 aromatic heterocycles. The number of aryl methyl sites for hydroxylation is 1. The number of rotatable bonds is 4. The standard InChI is InChI=1S/C25H16N3S.C18H18GeN.Ir/c1-16-14-15-19-18-10-7-11-20(23(18)29-25(19)26-16)24-27-21-12-5-6-13-22(21)28(24)17-8-3-2-4-9-17;1-19(2,3)15-11-12-18(20-13-15)17-10-6-8-14-7-4-5-9-16(14)17;/h2-10,12-15H,1H3;4-9,11-13H,1-3H3;/q2*-1;. The van der Waals surface area contributed by atoms with Crippen molar-refractivity contribution in [3.05, 3.63) is 151 Å². The summed E-state index contributed by atoms with van der Waals surface area (Å²) in [5.41, 5.74) is 7.32. The molecule has 0 aliphatic carbocycles. The van der Waals surface area contributed by atoms with Crippen LogP contribution in [0.2, 0.25) is 17.3 Å². The van der Waals surface area contributed by atoms with E-state index in [0.29, 0.717) is 0 Å². The first-order valence-corrected chi connectivity index (χ1v) is 24.6. The monoisotopic (exact) mass is 905 g/mol. The molecule has 0 amide bonds. The van der Waals surface area contributed by atoms with Gasteiger partial charge in [-0.25, -0.2) is 4.98 Å². The van der Waals surface area contributed by atoms with Crippen LogP contribution in [-0.4, -0.2) is 32.8 Å². The van der Waals surface area contributed by atoms with Gasteiger partial charge in [-0.05, 0) is 47.3 Å². The van der Waals surface area contributed by atoms with Crippen LogP contribution >= 0.6 is 11.3 Å². The molecule has 0 bridgehead atoms. The van der Waals surface area contributed by atoms with E-state index in [9.17, 15) is 0 Å². The van der Waals surface area contributed by atoms with Gasteiger partial charge >= 0.3 is 123 Å². The molecule has 9 aromatic rings. The van der Waals surface area contributed by atoms with Gasteiger partial charge in [0.2, 0.25) is 0 Å². The molecule has 0 spiro atoms. The molecular weight excluding hydrogens is 869 g/mol. The van der Waals surface area contributed by atoms with E-state index in [1.807, 2.05) is 31.2 Å². The third-order valence-electron chi connectivity index (χ3n) is 8.84. The van der Waals surface area contributed by atoms with Crippen LogP contribution in [0.1, 0.15) is 5.69 Å². The van der Waals surface area contributed by atoms with Crippen LogP contribution < -0.4 is 4.40 Å². The smallest absolute Gasteiger partial charge is 0 e. The molecule has 0 N–H and O–H groups in total. The van der Waals surface area contributed by atoms with Crippen molar-refractivity contribution in [3.63, 3.8) is 0 Å². The van der Waals surface area contributed by atoms with Crippen molar-refractivity contribution in [2.75, 3.05) is 0 Å². The predicted octanol–water partition coefficient (Wildman–Crippen LogP) is 10.8. The number of thiophene rings is 1. The Labute approximate surface area is 312 Å².